The first-order valence-electron chi connectivity index (χ1n) is 5.12. The van der Waals surface area contributed by atoms with Crippen molar-refractivity contribution in [3.8, 4) is 0 Å². The average molecular weight is 213 g/mol. The predicted octanol–water partition coefficient (Wildman–Crippen LogP) is 3.23. The van der Waals surface area contributed by atoms with Gasteiger partial charge in [-0.05, 0) is 32.6 Å². The molecular weight excluding hydrogens is 194 g/mol. The predicted molar refractivity (Wildman–Crippen MR) is 60.6 cm³/mol. The summed E-state index contributed by atoms with van der Waals surface area (Å²) in [5.41, 5.74) is 0.990. The van der Waals surface area contributed by atoms with Gasteiger partial charge in [-0.25, -0.2) is 4.98 Å². The molecule has 1 heterocycles. The molecule has 1 N–H and O–H groups in total. The Labute approximate surface area is 90.0 Å². The summed E-state index contributed by atoms with van der Waals surface area (Å²) < 4.78 is 0. The molecule has 1 aromatic heterocycles. The maximum Gasteiger partial charge on any atom is 0.0901 e. The lowest BCUT2D eigenvalue weighted by Crippen LogP contribution is -1.99. The summed E-state index contributed by atoms with van der Waals surface area (Å²) in [5.74, 6) is 0.652. The van der Waals surface area contributed by atoms with Gasteiger partial charge in [-0.1, -0.05) is 13.8 Å². The Hall–Kier alpha value is -0.410. The highest BCUT2D eigenvalue weighted by Crippen LogP contribution is 2.28. The fourth-order valence-corrected chi connectivity index (χ4v) is 2.43. The van der Waals surface area contributed by atoms with Crippen LogP contribution in [0.4, 0.5) is 0 Å². The first kappa shape index (κ1) is 11.7. The van der Waals surface area contributed by atoms with Gasteiger partial charge in [0.05, 0.1) is 21.7 Å². The monoisotopic (exact) mass is 213 g/mol. The van der Waals surface area contributed by atoms with Crippen molar-refractivity contribution in [2.24, 2.45) is 5.92 Å². The van der Waals surface area contributed by atoms with Crippen LogP contribution in [0.25, 0.3) is 0 Å². The normalized spacial score (nSPS) is 13.6. The second-order valence-corrected chi connectivity index (χ2v) is 5.40. The SMILES string of the molecule is Cc1nc(C)c(C(O)CCC(C)C)s1. The van der Waals surface area contributed by atoms with Crippen molar-refractivity contribution in [2.45, 2.75) is 46.6 Å². The number of nitrogens with zero attached hydrogens (tertiary/aromatic N) is 1. The highest BCUT2D eigenvalue weighted by Gasteiger charge is 2.14. The van der Waals surface area contributed by atoms with Gasteiger partial charge in [0.15, 0.2) is 0 Å². The van der Waals surface area contributed by atoms with Crippen LogP contribution in [-0.2, 0) is 0 Å². The molecule has 1 rings (SSSR count). The quantitative estimate of drug-likeness (QED) is 0.833. The van der Waals surface area contributed by atoms with Crippen LogP contribution >= 0.6 is 11.3 Å². The molecule has 0 aromatic carbocycles. The van der Waals surface area contributed by atoms with Crippen LogP contribution in [0, 0.1) is 19.8 Å². The van der Waals surface area contributed by atoms with E-state index in [2.05, 4.69) is 18.8 Å². The third-order valence-corrected chi connectivity index (χ3v) is 3.43. The molecule has 0 amide bonds. The van der Waals surface area contributed by atoms with E-state index >= 15 is 0 Å². The number of aryl methyl sites for hydroxylation is 2. The molecular formula is C11H19NOS. The van der Waals surface area contributed by atoms with E-state index in [1.165, 1.54) is 0 Å². The minimum Gasteiger partial charge on any atom is -0.388 e. The van der Waals surface area contributed by atoms with E-state index in [0.717, 1.165) is 28.4 Å². The number of aliphatic hydroxyl groups is 1. The van der Waals surface area contributed by atoms with Crippen molar-refractivity contribution in [3.05, 3.63) is 15.6 Å². The van der Waals surface area contributed by atoms with Gasteiger partial charge in [0.25, 0.3) is 0 Å². The van der Waals surface area contributed by atoms with Crippen LogP contribution in [0.15, 0.2) is 0 Å². The minimum atomic E-state index is -0.316. The Bertz CT molecular complexity index is 293. The Balaban J connectivity index is 2.60. The van der Waals surface area contributed by atoms with Crippen molar-refractivity contribution in [3.63, 3.8) is 0 Å². The Morgan fingerprint density at radius 3 is 2.36 bits per heavy atom. The molecule has 2 nitrogen and oxygen atoms in total. The topological polar surface area (TPSA) is 33.1 Å². The van der Waals surface area contributed by atoms with E-state index in [1.807, 2.05) is 13.8 Å². The molecule has 0 spiro atoms. The average Bonchev–Trinajstić information content (AvgIpc) is 2.41. The van der Waals surface area contributed by atoms with Crippen molar-refractivity contribution < 1.29 is 5.11 Å². The Morgan fingerprint density at radius 1 is 1.29 bits per heavy atom. The molecule has 0 radical (unpaired) electrons. The van der Waals surface area contributed by atoms with Gasteiger partial charge in [-0.3, -0.25) is 0 Å². The van der Waals surface area contributed by atoms with Crippen molar-refractivity contribution in [1.29, 1.82) is 0 Å². The van der Waals surface area contributed by atoms with E-state index in [0.29, 0.717) is 5.92 Å². The van der Waals surface area contributed by atoms with E-state index in [-0.39, 0.29) is 6.10 Å². The molecule has 0 aliphatic rings. The zero-order chi connectivity index (χ0) is 10.7. The standard InChI is InChI=1S/C11H19NOS/c1-7(2)5-6-10(13)11-8(3)12-9(4)14-11/h7,10,13H,5-6H2,1-4H3. The third kappa shape index (κ3) is 3.07. The molecule has 0 aliphatic carbocycles. The number of hydrogen-bond acceptors (Lipinski definition) is 3. The maximum absolute atomic E-state index is 9.93. The smallest absolute Gasteiger partial charge is 0.0901 e. The fourth-order valence-electron chi connectivity index (χ4n) is 1.48. The Kier molecular flexibility index (Phi) is 4.08. The van der Waals surface area contributed by atoms with E-state index in [4.69, 9.17) is 0 Å². The van der Waals surface area contributed by atoms with Crippen LogP contribution in [0.5, 0.6) is 0 Å². The molecule has 0 saturated carbocycles. The molecule has 3 heteroatoms. The van der Waals surface area contributed by atoms with Crippen molar-refractivity contribution in [2.75, 3.05) is 0 Å². The summed E-state index contributed by atoms with van der Waals surface area (Å²) in [6.07, 6.45) is 1.60. The summed E-state index contributed by atoms with van der Waals surface area (Å²) >= 11 is 1.61. The molecule has 0 bridgehead atoms. The van der Waals surface area contributed by atoms with Gasteiger partial charge in [0.1, 0.15) is 0 Å². The number of aromatic nitrogens is 1. The molecule has 0 fully saturated rings. The van der Waals surface area contributed by atoms with Gasteiger partial charge in [0.2, 0.25) is 0 Å². The van der Waals surface area contributed by atoms with Crippen molar-refractivity contribution >= 4 is 11.3 Å². The molecule has 80 valence electrons. The fraction of sp³-hybridized carbons (Fsp3) is 0.727. The first-order valence-corrected chi connectivity index (χ1v) is 5.94. The van der Waals surface area contributed by atoms with Gasteiger partial charge in [-0.15, -0.1) is 11.3 Å². The summed E-state index contributed by atoms with van der Waals surface area (Å²) in [4.78, 5) is 5.36. The first-order chi connectivity index (χ1) is 6.50. The minimum absolute atomic E-state index is 0.316. The second kappa shape index (κ2) is 4.89. The van der Waals surface area contributed by atoms with E-state index in [9.17, 15) is 5.11 Å². The number of aliphatic hydroxyl groups excluding tert-OH is 1. The molecule has 1 unspecified atom stereocenters. The zero-order valence-electron chi connectivity index (χ0n) is 9.37. The van der Waals surface area contributed by atoms with Gasteiger partial charge < -0.3 is 5.11 Å². The molecule has 0 saturated heterocycles. The summed E-state index contributed by atoms with van der Waals surface area (Å²) in [7, 11) is 0. The van der Waals surface area contributed by atoms with Crippen LogP contribution in [0.2, 0.25) is 0 Å². The molecule has 14 heavy (non-hydrogen) atoms. The lowest BCUT2D eigenvalue weighted by Gasteiger charge is -2.10. The highest BCUT2D eigenvalue weighted by molar-refractivity contribution is 7.11. The van der Waals surface area contributed by atoms with Crippen LogP contribution in [0.3, 0.4) is 0 Å². The Morgan fingerprint density at radius 2 is 1.93 bits per heavy atom. The van der Waals surface area contributed by atoms with Crippen LogP contribution < -0.4 is 0 Å². The van der Waals surface area contributed by atoms with Crippen LogP contribution in [-0.4, -0.2) is 10.1 Å². The zero-order valence-corrected chi connectivity index (χ0v) is 10.2. The van der Waals surface area contributed by atoms with Gasteiger partial charge in [-0.2, -0.15) is 0 Å². The lowest BCUT2D eigenvalue weighted by molar-refractivity contribution is 0.162. The summed E-state index contributed by atoms with van der Waals surface area (Å²) in [6, 6.07) is 0. The second-order valence-electron chi connectivity index (χ2n) is 4.17. The number of hydrogen-bond donors (Lipinski definition) is 1. The maximum atomic E-state index is 9.93. The van der Waals surface area contributed by atoms with Crippen LogP contribution in [0.1, 0.15) is 48.4 Å². The third-order valence-electron chi connectivity index (χ3n) is 2.26. The highest BCUT2D eigenvalue weighted by atomic mass is 32.1. The molecule has 1 aromatic rings. The van der Waals surface area contributed by atoms with Gasteiger partial charge >= 0.3 is 0 Å². The number of thiazole rings is 1. The largest absolute Gasteiger partial charge is 0.388 e. The van der Waals surface area contributed by atoms with E-state index in [1.54, 1.807) is 11.3 Å². The number of rotatable bonds is 4. The lowest BCUT2D eigenvalue weighted by atomic mass is 10.0. The summed E-state index contributed by atoms with van der Waals surface area (Å²) in [6.45, 7) is 8.31. The molecule has 1 atom stereocenters. The summed E-state index contributed by atoms with van der Waals surface area (Å²) in [5, 5.41) is 11.0. The molecule has 0 aliphatic heterocycles. The van der Waals surface area contributed by atoms with E-state index < -0.39 is 0 Å². The van der Waals surface area contributed by atoms with Crippen molar-refractivity contribution in [1.82, 2.24) is 4.98 Å². The van der Waals surface area contributed by atoms with Gasteiger partial charge in [0, 0.05) is 0 Å².